The Kier molecular flexibility index (Phi) is 6.37. The van der Waals surface area contributed by atoms with Gasteiger partial charge in [0.1, 0.15) is 18.1 Å². The molecule has 0 spiro atoms. The zero-order valence-corrected chi connectivity index (χ0v) is 12.3. The van der Waals surface area contributed by atoms with E-state index in [0.717, 1.165) is 5.56 Å². The SMILES string of the molecule is COC(=O)/C=C/c1ccc(OC)cc1OCC=C(C)C. The van der Waals surface area contributed by atoms with E-state index in [1.54, 1.807) is 19.3 Å². The van der Waals surface area contributed by atoms with Gasteiger partial charge in [0.25, 0.3) is 0 Å². The minimum atomic E-state index is -0.406. The number of benzene rings is 1. The predicted molar refractivity (Wildman–Crippen MR) is 79.0 cm³/mol. The van der Waals surface area contributed by atoms with Crippen molar-refractivity contribution in [3.05, 3.63) is 41.5 Å². The molecule has 0 bridgehead atoms. The number of hydrogen-bond donors (Lipinski definition) is 0. The van der Waals surface area contributed by atoms with Crippen LogP contribution in [-0.2, 0) is 9.53 Å². The topological polar surface area (TPSA) is 44.8 Å². The Morgan fingerprint density at radius 1 is 1.25 bits per heavy atom. The average Bonchev–Trinajstić information content (AvgIpc) is 2.44. The third kappa shape index (κ3) is 5.18. The summed E-state index contributed by atoms with van der Waals surface area (Å²) in [5.74, 6) is 0.950. The Balaban J connectivity index is 2.94. The van der Waals surface area contributed by atoms with Crippen LogP contribution in [0.3, 0.4) is 0 Å². The van der Waals surface area contributed by atoms with Crippen LogP contribution >= 0.6 is 0 Å². The molecule has 0 amide bonds. The monoisotopic (exact) mass is 276 g/mol. The summed E-state index contributed by atoms with van der Waals surface area (Å²) >= 11 is 0. The number of carbonyl (C=O) groups is 1. The number of esters is 1. The van der Waals surface area contributed by atoms with E-state index in [4.69, 9.17) is 9.47 Å². The van der Waals surface area contributed by atoms with Crippen molar-refractivity contribution in [3.63, 3.8) is 0 Å². The first-order chi connectivity index (χ1) is 9.56. The molecular weight excluding hydrogens is 256 g/mol. The largest absolute Gasteiger partial charge is 0.497 e. The molecule has 0 saturated heterocycles. The van der Waals surface area contributed by atoms with Crippen molar-refractivity contribution < 1.29 is 19.0 Å². The number of hydrogen-bond acceptors (Lipinski definition) is 4. The normalized spacial score (nSPS) is 10.2. The quantitative estimate of drug-likeness (QED) is 0.454. The highest BCUT2D eigenvalue weighted by atomic mass is 16.5. The van der Waals surface area contributed by atoms with Crippen molar-refractivity contribution in [2.45, 2.75) is 13.8 Å². The molecule has 0 aliphatic heterocycles. The van der Waals surface area contributed by atoms with Gasteiger partial charge in [-0.3, -0.25) is 0 Å². The number of carbonyl (C=O) groups excluding carboxylic acids is 1. The lowest BCUT2D eigenvalue weighted by Gasteiger charge is -2.09. The van der Waals surface area contributed by atoms with E-state index in [1.807, 2.05) is 32.1 Å². The maximum Gasteiger partial charge on any atom is 0.330 e. The average molecular weight is 276 g/mol. The summed E-state index contributed by atoms with van der Waals surface area (Å²) in [6.07, 6.45) is 4.99. The first-order valence-corrected chi connectivity index (χ1v) is 6.27. The van der Waals surface area contributed by atoms with Gasteiger partial charge in [-0.05, 0) is 38.1 Å². The van der Waals surface area contributed by atoms with Gasteiger partial charge < -0.3 is 14.2 Å². The number of allylic oxidation sites excluding steroid dienone is 1. The third-order valence-electron chi connectivity index (χ3n) is 2.55. The molecule has 0 unspecified atom stereocenters. The number of methoxy groups -OCH3 is 2. The fourth-order valence-electron chi connectivity index (χ4n) is 1.43. The van der Waals surface area contributed by atoms with Gasteiger partial charge in [0, 0.05) is 17.7 Å². The summed E-state index contributed by atoms with van der Waals surface area (Å²) in [5, 5.41) is 0. The van der Waals surface area contributed by atoms with Gasteiger partial charge >= 0.3 is 5.97 Å². The van der Waals surface area contributed by atoms with Crippen molar-refractivity contribution in [1.82, 2.24) is 0 Å². The van der Waals surface area contributed by atoms with Crippen LogP contribution in [0.15, 0.2) is 35.9 Å². The smallest absolute Gasteiger partial charge is 0.330 e. The van der Waals surface area contributed by atoms with E-state index in [-0.39, 0.29) is 0 Å². The minimum absolute atomic E-state index is 0.406. The highest BCUT2D eigenvalue weighted by molar-refractivity contribution is 5.87. The summed E-state index contributed by atoms with van der Waals surface area (Å²) in [4.78, 5) is 11.1. The molecule has 0 saturated carbocycles. The zero-order chi connectivity index (χ0) is 15.0. The van der Waals surface area contributed by atoms with Gasteiger partial charge in [-0.2, -0.15) is 0 Å². The van der Waals surface area contributed by atoms with Crippen LogP contribution in [0, 0.1) is 0 Å². The van der Waals surface area contributed by atoms with E-state index < -0.39 is 5.97 Å². The van der Waals surface area contributed by atoms with Crippen molar-refractivity contribution in [1.29, 1.82) is 0 Å². The van der Waals surface area contributed by atoms with Gasteiger partial charge in [-0.15, -0.1) is 0 Å². The minimum Gasteiger partial charge on any atom is -0.497 e. The summed E-state index contributed by atoms with van der Waals surface area (Å²) in [6, 6.07) is 5.43. The second-order valence-electron chi connectivity index (χ2n) is 4.35. The van der Waals surface area contributed by atoms with Crippen molar-refractivity contribution in [2.24, 2.45) is 0 Å². The summed E-state index contributed by atoms with van der Waals surface area (Å²) in [7, 11) is 2.94. The van der Waals surface area contributed by atoms with E-state index >= 15 is 0 Å². The molecule has 1 aromatic carbocycles. The van der Waals surface area contributed by atoms with E-state index in [2.05, 4.69) is 4.74 Å². The molecule has 4 nitrogen and oxygen atoms in total. The lowest BCUT2D eigenvalue weighted by Crippen LogP contribution is -1.98. The van der Waals surface area contributed by atoms with Gasteiger partial charge in [0.15, 0.2) is 0 Å². The second kappa shape index (κ2) is 8.04. The maximum absolute atomic E-state index is 11.1. The number of rotatable bonds is 6. The molecule has 108 valence electrons. The molecular formula is C16H20O4. The Morgan fingerprint density at radius 3 is 2.60 bits per heavy atom. The number of ether oxygens (including phenoxy) is 3. The first kappa shape index (κ1) is 15.8. The molecule has 0 radical (unpaired) electrons. The molecule has 1 aromatic rings. The third-order valence-corrected chi connectivity index (χ3v) is 2.55. The molecule has 0 aliphatic rings. The molecule has 0 fully saturated rings. The molecule has 0 heterocycles. The standard InChI is InChI=1S/C16H20O4/c1-12(2)9-10-20-15-11-14(18-3)7-5-13(15)6-8-16(17)19-4/h5-9,11H,10H2,1-4H3/b8-6+. The fourth-order valence-corrected chi connectivity index (χ4v) is 1.43. The predicted octanol–water partition coefficient (Wildman–Crippen LogP) is 3.23. The molecule has 20 heavy (non-hydrogen) atoms. The highest BCUT2D eigenvalue weighted by Gasteiger charge is 2.04. The van der Waals surface area contributed by atoms with Crippen LogP contribution in [0.2, 0.25) is 0 Å². The summed E-state index contributed by atoms with van der Waals surface area (Å²) in [6.45, 7) is 4.48. The van der Waals surface area contributed by atoms with Crippen LogP contribution in [0.1, 0.15) is 19.4 Å². The highest BCUT2D eigenvalue weighted by Crippen LogP contribution is 2.26. The molecule has 0 aromatic heterocycles. The Morgan fingerprint density at radius 2 is 2.00 bits per heavy atom. The van der Waals surface area contributed by atoms with Gasteiger partial charge in [0.2, 0.25) is 0 Å². The maximum atomic E-state index is 11.1. The van der Waals surface area contributed by atoms with Crippen LogP contribution < -0.4 is 9.47 Å². The van der Waals surface area contributed by atoms with Crippen molar-refractivity contribution >= 4 is 12.0 Å². The van der Waals surface area contributed by atoms with E-state index in [9.17, 15) is 4.79 Å². The molecule has 0 N–H and O–H groups in total. The van der Waals surface area contributed by atoms with E-state index in [1.165, 1.54) is 18.8 Å². The second-order valence-corrected chi connectivity index (χ2v) is 4.35. The van der Waals surface area contributed by atoms with Crippen LogP contribution in [0.5, 0.6) is 11.5 Å². The van der Waals surface area contributed by atoms with Crippen LogP contribution in [0.25, 0.3) is 6.08 Å². The summed E-state index contributed by atoms with van der Waals surface area (Å²) in [5.41, 5.74) is 1.97. The van der Waals surface area contributed by atoms with Gasteiger partial charge in [0.05, 0.1) is 14.2 Å². The van der Waals surface area contributed by atoms with Crippen LogP contribution in [-0.4, -0.2) is 26.8 Å². The first-order valence-electron chi connectivity index (χ1n) is 6.27. The van der Waals surface area contributed by atoms with Crippen molar-refractivity contribution in [2.75, 3.05) is 20.8 Å². The van der Waals surface area contributed by atoms with Crippen molar-refractivity contribution in [3.8, 4) is 11.5 Å². The lowest BCUT2D eigenvalue weighted by atomic mass is 10.1. The lowest BCUT2D eigenvalue weighted by molar-refractivity contribution is -0.134. The van der Waals surface area contributed by atoms with Crippen LogP contribution in [0.4, 0.5) is 0 Å². The summed E-state index contributed by atoms with van der Waals surface area (Å²) < 4.78 is 15.4. The zero-order valence-electron chi connectivity index (χ0n) is 12.3. The Labute approximate surface area is 119 Å². The van der Waals surface area contributed by atoms with E-state index in [0.29, 0.717) is 18.1 Å². The molecule has 0 atom stereocenters. The Bertz CT molecular complexity index is 511. The fraction of sp³-hybridized carbons (Fsp3) is 0.312. The molecule has 0 aliphatic carbocycles. The molecule has 1 rings (SSSR count). The van der Waals surface area contributed by atoms with Gasteiger partial charge in [-0.1, -0.05) is 5.57 Å². The molecule has 4 heteroatoms. The van der Waals surface area contributed by atoms with Gasteiger partial charge in [-0.25, -0.2) is 4.79 Å². The Hall–Kier alpha value is -2.23.